The fourth-order valence-electron chi connectivity index (χ4n) is 0.313. The van der Waals surface area contributed by atoms with Crippen LogP contribution >= 0.6 is 0 Å². The van der Waals surface area contributed by atoms with E-state index in [1.165, 1.54) is 0 Å². The molecular weight excluding hydrogens is 289 g/mol. The van der Waals surface area contributed by atoms with E-state index in [-0.39, 0.29) is 23.9 Å². The van der Waals surface area contributed by atoms with Crippen LogP contribution in [0.15, 0.2) is 30.6 Å². The van der Waals surface area contributed by atoms with Gasteiger partial charge in [0, 0.05) is 22.8 Å². The molecule has 1 aromatic rings. The topological polar surface area (TPSA) is 93.2 Å². The van der Waals surface area contributed by atoms with Gasteiger partial charge >= 0.3 is 23.9 Å². The summed E-state index contributed by atoms with van der Waals surface area (Å²) >= 11 is 0. The van der Waals surface area contributed by atoms with E-state index in [0.29, 0.717) is 0 Å². The molecular formula is C5H5NO4SSn. The third-order valence-electron chi connectivity index (χ3n) is 0.566. The Kier molecular flexibility index (Phi) is 8.93. The van der Waals surface area contributed by atoms with Crippen molar-refractivity contribution in [2.45, 2.75) is 0 Å². The minimum atomic E-state index is -5.17. The van der Waals surface area contributed by atoms with Gasteiger partial charge in [0.25, 0.3) is 0 Å². The van der Waals surface area contributed by atoms with Crippen LogP contribution in [0, 0.1) is 0 Å². The van der Waals surface area contributed by atoms with Crippen LogP contribution in [0.3, 0.4) is 0 Å². The zero-order valence-electron chi connectivity index (χ0n) is 5.88. The molecule has 0 aromatic carbocycles. The predicted octanol–water partition coefficient (Wildman–Crippen LogP) is -0.637. The largest absolute Gasteiger partial charge is 2.00 e. The van der Waals surface area contributed by atoms with Gasteiger partial charge in [0.05, 0.1) is 0 Å². The smallest absolute Gasteiger partial charge is 0.759 e. The monoisotopic (exact) mass is 295 g/mol. The second-order valence-electron chi connectivity index (χ2n) is 1.43. The van der Waals surface area contributed by atoms with Gasteiger partial charge in [0.15, 0.2) is 0 Å². The maximum absolute atomic E-state index is 8.52. The van der Waals surface area contributed by atoms with Crippen LogP contribution in [-0.2, 0) is 10.4 Å². The molecule has 0 N–H and O–H groups in total. The van der Waals surface area contributed by atoms with Gasteiger partial charge in [-0.25, -0.2) is 0 Å². The van der Waals surface area contributed by atoms with Gasteiger partial charge < -0.3 is 9.11 Å². The van der Waals surface area contributed by atoms with Crippen molar-refractivity contribution in [3.05, 3.63) is 30.6 Å². The fourth-order valence-corrected chi connectivity index (χ4v) is 0.313. The molecule has 2 radical (unpaired) electrons. The van der Waals surface area contributed by atoms with Crippen molar-refractivity contribution in [3.63, 3.8) is 0 Å². The average molecular weight is 294 g/mol. The molecule has 12 heavy (non-hydrogen) atoms. The number of hydrogen-bond acceptors (Lipinski definition) is 5. The maximum Gasteiger partial charge on any atom is 2.00 e. The Labute approximate surface area is 87.4 Å². The van der Waals surface area contributed by atoms with Gasteiger partial charge in [-0.3, -0.25) is 13.4 Å². The average Bonchev–Trinajstić information content (AvgIpc) is 1.88. The molecule has 0 atom stereocenters. The van der Waals surface area contributed by atoms with Crippen LogP contribution in [0.1, 0.15) is 0 Å². The van der Waals surface area contributed by atoms with E-state index in [2.05, 4.69) is 4.98 Å². The van der Waals surface area contributed by atoms with Crippen molar-refractivity contribution in [2.75, 3.05) is 0 Å². The van der Waals surface area contributed by atoms with Crippen LogP contribution in [0.25, 0.3) is 0 Å². The molecule has 7 heteroatoms. The Hall–Kier alpha value is -0.181. The first-order chi connectivity index (χ1) is 5.00. The number of aromatic nitrogens is 1. The number of rotatable bonds is 0. The molecule has 0 unspecified atom stereocenters. The molecule has 0 fully saturated rings. The Morgan fingerprint density at radius 2 is 1.33 bits per heavy atom. The zero-order chi connectivity index (χ0) is 8.74. The van der Waals surface area contributed by atoms with Crippen molar-refractivity contribution in [1.82, 2.24) is 4.98 Å². The van der Waals surface area contributed by atoms with E-state index in [4.69, 9.17) is 17.5 Å². The normalized spacial score (nSPS) is 8.83. The summed E-state index contributed by atoms with van der Waals surface area (Å²) in [7, 11) is -5.17. The van der Waals surface area contributed by atoms with Gasteiger partial charge in [-0.2, -0.15) is 0 Å². The molecule has 1 aromatic heterocycles. The first-order valence-electron chi connectivity index (χ1n) is 2.52. The third-order valence-corrected chi connectivity index (χ3v) is 0.566. The summed E-state index contributed by atoms with van der Waals surface area (Å²) in [5.41, 5.74) is 0. The summed E-state index contributed by atoms with van der Waals surface area (Å²) in [4.78, 5) is 3.78. The van der Waals surface area contributed by atoms with E-state index in [0.717, 1.165) is 0 Å². The summed E-state index contributed by atoms with van der Waals surface area (Å²) in [6.45, 7) is 0. The minimum Gasteiger partial charge on any atom is -0.759 e. The third kappa shape index (κ3) is 22.6. The second-order valence-corrected chi connectivity index (χ2v) is 2.25. The summed E-state index contributed by atoms with van der Waals surface area (Å²) in [5.74, 6) is 0. The number of pyridine rings is 1. The quantitative estimate of drug-likeness (QED) is 0.360. The molecule has 0 bridgehead atoms. The van der Waals surface area contributed by atoms with Crippen molar-refractivity contribution in [3.8, 4) is 0 Å². The van der Waals surface area contributed by atoms with Gasteiger partial charge in [0.2, 0.25) is 0 Å². The molecule has 0 spiro atoms. The van der Waals surface area contributed by atoms with Crippen molar-refractivity contribution in [2.24, 2.45) is 0 Å². The summed E-state index contributed by atoms with van der Waals surface area (Å²) in [6.07, 6.45) is 3.50. The summed E-state index contributed by atoms with van der Waals surface area (Å²) in [6, 6.07) is 5.72. The first-order valence-corrected chi connectivity index (χ1v) is 3.85. The Morgan fingerprint density at radius 3 is 1.42 bits per heavy atom. The van der Waals surface area contributed by atoms with Crippen molar-refractivity contribution >= 4 is 34.3 Å². The molecule has 0 aliphatic heterocycles. The van der Waals surface area contributed by atoms with Crippen LogP contribution < -0.4 is 0 Å². The van der Waals surface area contributed by atoms with E-state index < -0.39 is 10.4 Å². The minimum absolute atomic E-state index is 0. The number of hydrogen-bond donors (Lipinski definition) is 0. The Bertz CT molecular complexity index is 240. The molecule has 0 saturated carbocycles. The van der Waals surface area contributed by atoms with Gasteiger partial charge in [-0.15, -0.1) is 0 Å². The van der Waals surface area contributed by atoms with E-state index >= 15 is 0 Å². The van der Waals surface area contributed by atoms with Crippen molar-refractivity contribution in [1.29, 1.82) is 0 Å². The molecule has 0 saturated heterocycles. The van der Waals surface area contributed by atoms with E-state index in [1.54, 1.807) is 12.4 Å². The molecule has 64 valence electrons. The molecule has 0 aliphatic rings. The van der Waals surface area contributed by atoms with Crippen LogP contribution in [0.5, 0.6) is 0 Å². The maximum atomic E-state index is 8.52. The van der Waals surface area contributed by atoms with E-state index in [1.807, 2.05) is 18.2 Å². The summed E-state index contributed by atoms with van der Waals surface area (Å²) < 4.78 is 34.1. The zero-order valence-corrected chi connectivity index (χ0v) is 9.55. The standard InChI is InChI=1S/C5H5N.H2O4S.Sn/c1-2-4-6-5-3-1;1-5(2,3)4;/h1-5H;(H2,1,2,3,4);/q;;+2/p-2. The SMILES string of the molecule is O=S(=O)([O-])[O-].[Sn+2].c1ccncc1. The van der Waals surface area contributed by atoms with Gasteiger partial charge in [0.1, 0.15) is 0 Å². The van der Waals surface area contributed by atoms with Gasteiger partial charge in [-0.05, 0) is 12.1 Å². The Balaban J connectivity index is 0. The molecule has 1 rings (SSSR count). The fraction of sp³-hybridized carbons (Fsp3) is 0. The summed E-state index contributed by atoms with van der Waals surface area (Å²) in [5, 5.41) is 0. The predicted molar refractivity (Wildman–Crippen MR) is 40.5 cm³/mol. The van der Waals surface area contributed by atoms with Crippen LogP contribution in [0.4, 0.5) is 0 Å². The molecule has 1 heterocycles. The molecule has 0 aliphatic carbocycles. The second kappa shape index (κ2) is 7.47. The van der Waals surface area contributed by atoms with Crippen LogP contribution in [-0.4, -0.2) is 46.4 Å². The first kappa shape index (κ1) is 14.3. The molecule has 5 nitrogen and oxygen atoms in total. The Morgan fingerprint density at radius 1 is 1.00 bits per heavy atom. The number of nitrogens with zero attached hydrogens (tertiary/aromatic N) is 1. The van der Waals surface area contributed by atoms with Gasteiger partial charge in [-0.1, -0.05) is 6.07 Å². The van der Waals surface area contributed by atoms with Crippen molar-refractivity contribution < 1.29 is 17.5 Å². The molecule has 0 amide bonds. The van der Waals surface area contributed by atoms with Crippen LogP contribution in [0.2, 0.25) is 0 Å². The van der Waals surface area contributed by atoms with E-state index in [9.17, 15) is 0 Å².